The van der Waals surface area contributed by atoms with E-state index in [0.717, 1.165) is 19.5 Å². The highest BCUT2D eigenvalue weighted by atomic mass is 32.2. The molecule has 0 aromatic rings. The number of sulfonamides is 1. The van der Waals surface area contributed by atoms with Crippen molar-refractivity contribution in [3.63, 3.8) is 0 Å². The lowest BCUT2D eigenvalue weighted by Crippen LogP contribution is -2.45. The Morgan fingerprint density at radius 2 is 1.84 bits per heavy atom. The maximum absolute atomic E-state index is 12.6. The summed E-state index contributed by atoms with van der Waals surface area (Å²) in [7, 11) is -5.21. The minimum absolute atomic E-state index is 0.0836. The topological polar surface area (TPSA) is 73.8 Å². The van der Waals surface area contributed by atoms with Gasteiger partial charge in [-0.15, -0.1) is 0 Å². The Balaban J connectivity index is 2.51. The van der Waals surface area contributed by atoms with E-state index < -0.39 is 15.5 Å². The van der Waals surface area contributed by atoms with E-state index in [1.165, 1.54) is 0 Å². The van der Waals surface area contributed by atoms with Gasteiger partial charge in [0, 0.05) is 32.7 Å². The van der Waals surface area contributed by atoms with E-state index in [0.29, 0.717) is 35.6 Å². The molecule has 0 atom stereocenters. The first kappa shape index (κ1) is 22.0. The predicted molar refractivity (Wildman–Crippen MR) is 92.7 cm³/mol. The number of hydrogen-bond donors (Lipinski definition) is 2. The Labute approximate surface area is 148 Å². The van der Waals surface area contributed by atoms with Gasteiger partial charge in [-0.3, -0.25) is 4.99 Å². The van der Waals surface area contributed by atoms with Crippen LogP contribution < -0.4 is 10.6 Å². The van der Waals surface area contributed by atoms with Gasteiger partial charge in [0.1, 0.15) is 0 Å². The van der Waals surface area contributed by atoms with E-state index in [1.807, 2.05) is 6.92 Å². The van der Waals surface area contributed by atoms with Crippen LogP contribution in [-0.2, 0) is 10.0 Å². The van der Waals surface area contributed by atoms with Crippen LogP contribution in [0.4, 0.5) is 13.2 Å². The van der Waals surface area contributed by atoms with Crippen molar-refractivity contribution in [1.82, 2.24) is 14.9 Å². The normalized spacial score (nSPS) is 18.6. The van der Waals surface area contributed by atoms with Crippen LogP contribution in [0.25, 0.3) is 0 Å². The van der Waals surface area contributed by atoms with Crippen molar-refractivity contribution < 1.29 is 21.6 Å². The summed E-state index contributed by atoms with van der Waals surface area (Å²) >= 11 is 0. The highest BCUT2D eigenvalue weighted by Gasteiger charge is 2.50. The van der Waals surface area contributed by atoms with E-state index in [-0.39, 0.29) is 19.0 Å². The Bertz CT molecular complexity index is 527. The minimum Gasteiger partial charge on any atom is -0.357 e. The van der Waals surface area contributed by atoms with E-state index in [9.17, 15) is 21.6 Å². The van der Waals surface area contributed by atoms with Gasteiger partial charge in [-0.2, -0.15) is 17.5 Å². The van der Waals surface area contributed by atoms with Crippen molar-refractivity contribution in [3.05, 3.63) is 0 Å². The number of nitrogens with one attached hydrogen (secondary N) is 2. The summed E-state index contributed by atoms with van der Waals surface area (Å²) in [6.45, 7) is 7.99. The zero-order valence-corrected chi connectivity index (χ0v) is 15.9. The van der Waals surface area contributed by atoms with Gasteiger partial charge in [0.25, 0.3) is 0 Å². The van der Waals surface area contributed by atoms with Gasteiger partial charge in [0.05, 0.1) is 0 Å². The summed E-state index contributed by atoms with van der Waals surface area (Å²) in [6.07, 6.45) is 1.77. The van der Waals surface area contributed by atoms with Gasteiger partial charge in [0.2, 0.25) is 0 Å². The molecule has 1 saturated heterocycles. The maximum atomic E-state index is 12.6. The fourth-order valence-corrected chi connectivity index (χ4v) is 3.50. The summed E-state index contributed by atoms with van der Waals surface area (Å²) < 4.78 is 61.0. The molecule has 0 bridgehead atoms. The van der Waals surface area contributed by atoms with Crippen LogP contribution in [0.15, 0.2) is 4.99 Å². The molecule has 2 N–H and O–H groups in total. The molecule has 0 unspecified atom stereocenters. The van der Waals surface area contributed by atoms with E-state index >= 15 is 0 Å². The van der Waals surface area contributed by atoms with Crippen molar-refractivity contribution in [3.8, 4) is 0 Å². The van der Waals surface area contributed by atoms with Crippen molar-refractivity contribution in [2.75, 3.05) is 32.7 Å². The number of hydrogen-bond acceptors (Lipinski definition) is 3. The zero-order chi connectivity index (χ0) is 19.1. The van der Waals surface area contributed by atoms with Crippen molar-refractivity contribution >= 4 is 16.0 Å². The standard InChI is InChI=1S/C15H29F3N4O2S/c1-4-19-14(20-8-5-12(2)3)21-11-13-6-9-22(10-7-13)25(23,24)15(16,17)18/h12-13H,4-11H2,1-3H3,(H2,19,20,21). The van der Waals surface area contributed by atoms with Crippen LogP contribution in [0.5, 0.6) is 0 Å². The second-order valence-electron chi connectivity index (χ2n) is 6.62. The lowest BCUT2D eigenvalue weighted by atomic mass is 9.98. The Morgan fingerprint density at radius 3 is 2.32 bits per heavy atom. The first-order chi connectivity index (χ1) is 11.6. The number of nitrogens with zero attached hydrogens (tertiary/aromatic N) is 2. The number of piperidine rings is 1. The minimum atomic E-state index is -5.23. The lowest BCUT2D eigenvalue weighted by molar-refractivity contribution is -0.0496. The van der Waals surface area contributed by atoms with Gasteiger partial charge in [-0.25, -0.2) is 8.42 Å². The number of aliphatic imine (C=N–C) groups is 1. The van der Waals surface area contributed by atoms with E-state index in [4.69, 9.17) is 0 Å². The van der Waals surface area contributed by atoms with Crippen LogP contribution in [0.1, 0.15) is 40.0 Å². The molecule has 1 rings (SSSR count). The van der Waals surface area contributed by atoms with E-state index in [2.05, 4.69) is 29.5 Å². The number of rotatable bonds is 7. The van der Waals surface area contributed by atoms with Gasteiger partial charge in [-0.05, 0) is 38.0 Å². The second-order valence-corrected chi connectivity index (χ2v) is 8.55. The molecule has 6 nitrogen and oxygen atoms in total. The third-order valence-corrected chi connectivity index (χ3v) is 5.70. The number of alkyl halides is 3. The van der Waals surface area contributed by atoms with Crippen molar-refractivity contribution in [2.45, 2.75) is 45.5 Å². The Hall–Kier alpha value is -1.03. The molecule has 1 aliphatic heterocycles. The van der Waals surface area contributed by atoms with E-state index in [1.54, 1.807) is 0 Å². The SMILES string of the molecule is CCNC(=NCC1CCN(S(=O)(=O)C(F)(F)F)CC1)NCCC(C)C. The molecule has 0 radical (unpaired) electrons. The molecule has 0 aromatic carbocycles. The molecule has 10 heteroatoms. The fraction of sp³-hybridized carbons (Fsp3) is 0.933. The highest BCUT2D eigenvalue weighted by molar-refractivity contribution is 7.90. The second kappa shape index (κ2) is 9.61. The lowest BCUT2D eigenvalue weighted by Gasteiger charge is -2.30. The average molecular weight is 386 g/mol. The number of guanidine groups is 1. The molecular formula is C15H29F3N4O2S. The summed E-state index contributed by atoms with van der Waals surface area (Å²) in [5.74, 6) is 1.35. The van der Waals surface area contributed by atoms with Gasteiger partial charge < -0.3 is 10.6 Å². The summed E-state index contributed by atoms with van der Waals surface area (Å²) in [5.41, 5.74) is -5.23. The molecule has 0 amide bonds. The predicted octanol–water partition coefficient (Wildman–Crippen LogP) is 2.15. The molecule has 1 aliphatic rings. The highest BCUT2D eigenvalue weighted by Crippen LogP contribution is 2.30. The van der Waals surface area contributed by atoms with Gasteiger partial charge >= 0.3 is 15.5 Å². The smallest absolute Gasteiger partial charge is 0.357 e. The first-order valence-electron chi connectivity index (χ1n) is 8.66. The molecule has 0 aromatic heterocycles. The third kappa shape index (κ3) is 7.01. The molecule has 0 aliphatic carbocycles. The third-order valence-electron chi connectivity index (χ3n) is 4.07. The van der Waals surface area contributed by atoms with Gasteiger partial charge in [0.15, 0.2) is 5.96 Å². The first-order valence-corrected chi connectivity index (χ1v) is 10.1. The van der Waals surface area contributed by atoms with Crippen LogP contribution in [0.2, 0.25) is 0 Å². The quantitative estimate of drug-likeness (QED) is 0.519. The molecule has 25 heavy (non-hydrogen) atoms. The van der Waals surface area contributed by atoms with Crippen LogP contribution in [0, 0.1) is 11.8 Å². The maximum Gasteiger partial charge on any atom is 0.511 e. The monoisotopic (exact) mass is 386 g/mol. The molecule has 148 valence electrons. The molecular weight excluding hydrogens is 357 g/mol. The van der Waals surface area contributed by atoms with Crippen molar-refractivity contribution in [2.24, 2.45) is 16.8 Å². The number of halogens is 3. The van der Waals surface area contributed by atoms with Crippen LogP contribution >= 0.6 is 0 Å². The largest absolute Gasteiger partial charge is 0.511 e. The van der Waals surface area contributed by atoms with Crippen LogP contribution in [-0.4, -0.2) is 56.9 Å². The summed E-state index contributed by atoms with van der Waals surface area (Å²) in [6, 6.07) is 0. The molecule has 1 heterocycles. The van der Waals surface area contributed by atoms with Gasteiger partial charge in [-0.1, -0.05) is 13.8 Å². The zero-order valence-electron chi connectivity index (χ0n) is 15.1. The average Bonchev–Trinajstić information content (AvgIpc) is 2.51. The fourth-order valence-electron chi connectivity index (χ4n) is 2.52. The van der Waals surface area contributed by atoms with Crippen molar-refractivity contribution in [1.29, 1.82) is 0 Å². The summed E-state index contributed by atoms with van der Waals surface area (Å²) in [4.78, 5) is 4.47. The molecule has 0 saturated carbocycles. The Morgan fingerprint density at radius 1 is 1.24 bits per heavy atom. The molecule has 1 fully saturated rings. The van der Waals surface area contributed by atoms with Crippen LogP contribution in [0.3, 0.4) is 0 Å². The Kier molecular flexibility index (Phi) is 8.46. The summed E-state index contributed by atoms with van der Waals surface area (Å²) in [5, 5.41) is 6.36. The molecule has 0 spiro atoms.